The van der Waals surface area contributed by atoms with E-state index in [9.17, 15) is 13.2 Å². The molecule has 1 aliphatic rings. The Morgan fingerprint density at radius 2 is 1.90 bits per heavy atom. The van der Waals surface area contributed by atoms with Gasteiger partial charge in [-0.1, -0.05) is 24.3 Å². The molecule has 1 unspecified atom stereocenters. The monoisotopic (exact) mass is 429 g/mol. The molecule has 3 N–H and O–H groups in total. The Morgan fingerprint density at radius 1 is 1.17 bits per heavy atom. The van der Waals surface area contributed by atoms with Crippen LogP contribution in [0.3, 0.4) is 0 Å². The highest BCUT2D eigenvalue weighted by atomic mass is 32.2. The molecular weight excluding hydrogens is 404 g/mol. The number of carbonyl (C=O) groups is 1. The topological polar surface area (TPSA) is 107 Å². The first kappa shape index (κ1) is 21.8. The van der Waals surface area contributed by atoms with E-state index < -0.39 is 16.0 Å². The third-order valence-electron chi connectivity index (χ3n) is 4.95. The van der Waals surface area contributed by atoms with Crippen LogP contribution in [-0.2, 0) is 21.2 Å². The highest BCUT2D eigenvalue weighted by molar-refractivity contribution is 7.91. The molecule has 0 bridgehead atoms. The predicted molar refractivity (Wildman–Crippen MR) is 117 cm³/mol. The van der Waals surface area contributed by atoms with Gasteiger partial charge in [-0.05, 0) is 36.8 Å². The van der Waals surface area contributed by atoms with Crippen LogP contribution in [0, 0.1) is 0 Å². The SMILES string of the molecule is CCS(=O)(=O)[N+]1(c2cccc(Oc3ccc(CC(=O)O)cc3)c2)C=C(CN)C=CC1. The van der Waals surface area contributed by atoms with Crippen molar-refractivity contribution in [1.29, 1.82) is 0 Å². The molecule has 2 aromatic carbocycles. The van der Waals surface area contributed by atoms with E-state index >= 15 is 0 Å². The fraction of sp³-hybridized carbons (Fsp3) is 0.227. The Morgan fingerprint density at radius 3 is 2.53 bits per heavy atom. The molecule has 7 nitrogen and oxygen atoms in total. The zero-order valence-electron chi connectivity index (χ0n) is 16.7. The van der Waals surface area contributed by atoms with E-state index in [-0.39, 0.29) is 29.2 Å². The number of ether oxygens (including phenoxy) is 1. The Kier molecular flexibility index (Phi) is 6.40. The van der Waals surface area contributed by atoms with Crippen LogP contribution < -0.4 is 14.4 Å². The molecule has 1 heterocycles. The number of hydrogen-bond acceptors (Lipinski definition) is 5. The number of aliphatic carboxylic acids is 1. The van der Waals surface area contributed by atoms with Crippen molar-refractivity contribution in [1.82, 2.24) is 3.89 Å². The molecule has 0 fully saturated rings. The molecule has 1 aliphatic heterocycles. The van der Waals surface area contributed by atoms with Crippen molar-refractivity contribution < 1.29 is 23.1 Å². The second-order valence-corrected chi connectivity index (χ2v) is 9.37. The molecule has 30 heavy (non-hydrogen) atoms. The van der Waals surface area contributed by atoms with Gasteiger partial charge >= 0.3 is 16.0 Å². The largest absolute Gasteiger partial charge is 0.481 e. The number of rotatable bonds is 8. The number of carboxylic acid groups (broad SMARTS) is 1. The molecule has 0 amide bonds. The lowest BCUT2D eigenvalue weighted by Crippen LogP contribution is -2.51. The minimum atomic E-state index is -3.54. The van der Waals surface area contributed by atoms with Crippen LogP contribution in [-0.4, -0.2) is 38.3 Å². The van der Waals surface area contributed by atoms with E-state index in [0.29, 0.717) is 22.7 Å². The summed E-state index contributed by atoms with van der Waals surface area (Å²) in [7, 11) is -3.54. The molecule has 0 radical (unpaired) electrons. The Bertz CT molecular complexity index is 1090. The number of carboxylic acids is 1. The second-order valence-electron chi connectivity index (χ2n) is 6.97. The average Bonchev–Trinajstić information content (AvgIpc) is 2.75. The molecule has 0 aliphatic carbocycles. The summed E-state index contributed by atoms with van der Waals surface area (Å²) in [5.74, 6) is 0.0937. The lowest BCUT2D eigenvalue weighted by molar-refractivity contribution is -0.136. The standard InChI is InChI=1S/C22H24N2O5S/c1-2-30(27,28)24(12-4-5-18(15-23)16-24)19-6-3-7-21(14-19)29-20-10-8-17(9-11-20)13-22(25)26/h3-11,14,16H,2,12-13,15,23H2,1H3/p+1. The summed E-state index contributed by atoms with van der Waals surface area (Å²) in [6.07, 6.45) is 5.30. The number of benzene rings is 2. The van der Waals surface area contributed by atoms with Gasteiger partial charge in [-0.25, -0.2) is 0 Å². The van der Waals surface area contributed by atoms with E-state index in [1.807, 2.05) is 12.2 Å². The maximum absolute atomic E-state index is 13.1. The van der Waals surface area contributed by atoms with Gasteiger partial charge in [0.2, 0.25) is 0 Å². The van der Waals surface area contributed by atoms with Crippen LogP contribution in [0.4, 0.5) is 5.69 Å². The minimum Gasteiger partial charge on any atom is -0.481 e. The lowest BCUT2D eigenvalue weighted by atomic mass is 10.1. The van der Waals surface area contributed by atoms with Crippen molar-refractivity contribution in [3.8, 4) is 11.5 Å². The summed E-state index contributed by atoms with van der Waals surface area (Å²) in [6.45, 7) is 2.14. The van der Waals surface area contributed by atoms with Crippen molar-refractivity contribution in [3.63, 3.8) is 0 Å². The predicted octanol–water partition coefficient (Wildman–Crippen LogP) is 3.18. The summed E-state index contributed by atoms with van der Waals surface area (Å²) in [4.78, 5) is 10.8. The zero-order valence-corrected chi connectivity index (χ0v) is 17.5. The van der Waals surface area contributed by atoms with Crippen LogP contribution in [0.5, 0.6) is 11.5 Å². The van der Waals surface area contributed by atoms with Crippen LogP contribution in [0.15, 0.2) is 72.5 Å². The second kappa shape index (κ2) is 8.83. The van der Waals surface area contributed by atoms with Gasteiger partial charge in [0.05, 0.1) is 12.2 Å². The molecular formula is C22H25N2O5S+. The summed E-state index contributed by atoms with van der Waals surface area (Å²) in [5.41, 5.74) is 7.75. The van der Waals surface area contributed by atoms with Crippen LogP contribution in [0.25, 0.3) is 0 Å². The summed E-state index contributed by atoms with van der Waals surface area (Å²) in [6, 6.07) is 13.7. The highest BCUT2D eigenvalue weighted by Gasteiger charge is 2.42. The maximum Gasteiger partial charge on any atom is 0.307 e. The molecule has 0 saturated heterocycles. The first-order chi connectivity index (χ1) is 14.3. The van der Waals surface area contributed by atoms with E-state index in [0.717, 1.165) is 5.57 Å². The van der Waals surface area contributed by atoms with Gasteiger partial charge in [-0.3, -0.25) is 4.79 Å². The molecule has 0 spiro atoms. The van der Waals surface area contributed by atoms with Gasteiger partial charge < -0.3 is 15.6 Å². The molecule has 0 aromatic heterocycles. The third kappa shape index (κ3) is 4.46. The number of hydrogen-bond donors (Lipinski definition) is 2. The normalized spacial score (nSPS) is 18.7. The number of nitrogens with zero attached hydrogens (tertiary/aromatic N) is 1. The molecule has 0 saturated carbocycles. The van der Waals surface area contributed by atoms with Gasteiger partial charge in [0.15, 0.2) is 5.69 Å². The van der Waals surface area contributed by atoms with Crippen molar-refractivity contribution in [2.45, 2.75) is 13.3 Å². The third-order valence-corrected chi connectivity index (χ3v) is 7.14. The van der Waals surface area contributed by atoms with Crippen LogP contribution >= 0.6 is 0 Å². The van der Waals surface area contributed by atoms with E-state index in [4.69, 9.17) is 15.6 Å². The minimum absolute atomic E-state index is 0.0225. The average molecular weight is 430 g/mol. The van der Waals surface area contributed by atoms with Crippen LogP contribution in [0.1, 0.15) is 12.5 Å². The summed E-state index contributed by atoms with van der Waals surface area (Å²) < 4.78 is 31.7. The van der Waals surface area contributed by atoms with Crippen molar-refractivity contribution in [3.05, 3.63) is 78.0 Å². The molecule has 1 atom stereocenters. The van der Waals surface area contributed by atoms with Gasteiger partial charge in [-0.15, -0.1) is 0 Å². The van der Waals surface area contributed by atoms with E-state index in [2.05, 4.69) is 0 Å². The fourth-order valence-electron chi connectivity index (χ4n) is 3.38. The Hall–Kier alpha value is -2.94. The van der Waals surface area contributed by atoms with Gasteiger partial charge in [0.1, 0.15) is 24.2 Å². The summed E-state index contributed by atoms with van der Waals surface area (Å²) in [5, 5.41) is 8.87. The van der Waals surface area contributed by atoms with Gasteiger partial charge in [0.25, 0.3) is 0 Å². The van der Waals surface area contributed by atoms with Gasteiger partial charge in [-0.2, -0.15) is 12.3 Å². The molecule has 158 valence electrons. The number of quaternary nitrogens is 1. The quantitative estimate of drug-likeness (QED) is 0.624. The van der Waals surface area contributed by atoms with Crippen LogP contribution in [0.2, 0.25) is 0 Å². The highest BCUT2D eigenvalue weighted by Crippen LogP contribution is 2.35. The Labute approximate surface area is 176 Å². The van der Waals surface area contributed by atoms with E-state index in [1.165, 1.54) is 0 Å². The van der Waals surface area contributed by atoms with Crippen molar-refractivity contribution in [2.24, 2.45) is 5.73 Å². The van der Waals surface area contributed by atoms with Crippen molar-refractivity contribution in [2.75, 3.05) is 18.8 Å². The number of nitrogens with two attached hydrogens (primary N) is 1. The lowest BCUT2D eigenvalue weighted by Gasteiger charge is -2.34. The zero-order chi connectivity index (χ0) is 21.8. The fourth-order valence-corrected chi connectivity index (χ4v) is 4.88. The maximum atomic E-state index is 13.1. The van der Waals surface area contributed by atoms with E-state index in [1.54, 1.807) is 61.7 Å². The molecule has 3 rings (SSSR count). The van der Waals surface area contributed by atoms with Gasteiger partial charge in [0, 0.05) is 24.3 Å². The first-order valence-corrected chi connectivity index (χ1v) is 11.2. The molecule has 8 heteroatoms. The smallest absolute Gasteiger partial charge is 0.307 e. The molecule has 2 aromatic rings. The Balaban J connectivity index is 1.95. The first-order valence-electron chi connectivity index (χ1n) is 9.58. The summed E-state index contributed by atoms with van der Waals surface area (Å²) >= 11 is 0. The van der Waals surface area contributed by atoms with Crippen molar-refractivity contribution >= 4 is 21.7 Å². The number of sulfonamides is 1.